The van der Waals surface area contributed by atoms with E-state index in [0.29, 0.717) is 22.3 Å². The molecule has 2 rings (SSSR count). The number of rotatable bonds is 7. The molecule has 1 aromatic heterocycles. The van der Waals surface area contributed by atoms with Crippen molar-refractivity contribution in [2.45, 2.75) is 31.7 Å². The lowest BCUT2D eigenvalue weighted by molar-refractivity contribution is 0.0944. The zero-order chi connectivity index (χ0) is 18.6. The molecule has 0 saturated carbocycles. The van der Waals surface area contributed by atoms with E-state index in [1.54, 1.807) is 36.4 Å². The molecule has 1 N–H and O–H groups in total. The van der Waals surface area contributed by atoms with E-state index in [9.17, 15) is 13.2 Å². The van der Waals surface area contributed by atoms with Gasteiger partial charge < -0.3 is 5.32 Å². The van der Waals surface area contributed by atoms with Crippen molar-refractivity contribution in [3.05, 3.63) is 51.2 Å². The van der Waals surface area contributed by atoms with Crippen molar-refractivity contribution in [1.29, 1.82) is 0 Å². The van der Waals surface area contributed by atoms with E-state index in [-0.39, 0.29) is 16.8 Å². The van der Waals surface area contributed by atoms with Crippen LogP contribution in [0, 0.1) is 0 Å². The fourth-order valence-corrected chi connectivity index (χ4v) is 4.83. The van der Waals surface area contributed by atoms with Gasteiger partial charge >= 0.3 is 0 Å². The van der Waals surface area contributed by atoms with Crippen LogP contribution in [-0.4, -0.2) is 31.7 Å². The summed E-state index contributed by atoms with van der Waals surface area (Å²) in [6, 6.07) is 9.71. The maximum atomic E-state index is 12.5. The number of sulfonamides is 1. The predicted molar refractivity (Wildman–Crippen MR) is 102 cm³/mol. The third-order valence-corrected chi connectivity index (χ3v) is 7.16. The Bertz CT molecular complexity index is 828. The van der Waals surface area contributed by atoms with Crippen LogP contribution in [0.2, 0.25) is 4.34 Å². The minimum absolute atomic E-state index is 0.204. The van der Waals surface area contributed by atoms with Gasteiger partial charge in [-0.05, 0) is 36.8 Å². The maximum Gasteiger partial charge on any atom is 0.261 e. The van der Waals surface area contributed by atoms with E-state index >= 15 is 0 Å². The topological polar surface area (TPSA) is 66.5 Å². The summed E-state index contributed by atoms with van der Waals surface area (Å²) in [5.74, 6) is -0.204. The Morgan fingerprint density at radius 1 is 1.16 bits per heavy atom. The van der Waals surface area contributed by atoms with Crippen molar-refractivity contribution >= 4 is 38.9 Å². The Balaban J connectivity index is 2.12. The molecule has 0 aliphatic rings. The number of amides is 1. The van der Waals surface area contributed by atoms with Crippen LogP contribution in [0.25, 0.3) is 0 Å². The van der Waals surface area contributed by atoms with Gasteiger partial charge in [0.05, 0.1) is 20.2 Å². The second kappa shape index (κ2) is 8.31. The fourth-order valence-electron chi connectivity index (χ4n) is 2.43. The number of carbonyl (C=O) groups excluding carboxylic acids is 1. The lowest BCUT2D eigenvalue weighted by Gasteiger charge is -2.19. The molecule has 136 valence electrons. The Kier molecular flexibility index (Phi) is 6.62. The lowest BCUT2D eigenvalue weighted by Crippen LogP contribution is -2.30. The molecular weight excluding hydrogens is 380 g/mol. The highest BCUT2D eigenvalue weighted by Crippen LogP contribution is 2.23. The van der Waals surface area contributed by atoms with Crippen LogP contribution in [0.4, 0.5) is 0 Å². The van der Waals surface area contributed by atoms with Crippen LogP contribution in [0.3, 0.4) is 0 Å². The maximum absolute atomic E-state index is 12.5. The number of hydrogen-bond donors (Lipinski definition) is 1. The molecule has 25 heavy (non-hydrogen) atoms. The number of thiophene rings is 1. The van der Waals surface area contributed by atoms with Crippen molar-refractivity contribution in [2.24, 2.45) is 0 Å². The highest BCUT2D eigenvalue weighted by Gasteiger charge is 2.21. The summed E-state index contributed by atoms with van der Waals surface area (Å²) in [5, 5.41) is 2.88. The SMILES string of the molecule is CCN(CC)S(=O)(=O)c1ccc(C(C)NC(=O)c2ccc(Cl)s2)cc1. The van der Waals surface area contributed by atoms with Crippen molar-refractivity contribution < 1.29 is 13.2 Å². The van der Waals surface area contributed by atoms with E-state index in [4.69, 9.17) is 11.6 Å². The van der Waals surface area contributed by atoms with Gasteiger partial charge in [-0.1, -0.05) is 37.6 Å². The first-order valence-electron chi connectivity index (χ1n) is 7.95. The number of carbonyl (C=O) groups is 1. The van der Waals surface area contributed by atoms with Gasteiger partial charge in [0.25, 0.3) is 5.91 Å². The molecule has 1 heterocycles. The molecule has 8 heteroatoms. The zero-order valence-electron chi connectivity index (χ0n) is 14.3. The van der Waals surface area contributed by atoms with E-state index in [0.717, 1.165) is 5.56 Å². The van der Waals surface area contributed by atoms with Crippen LogP contribution in [0.15, 0.2) is 41.3 Å². The largest absolute Gasteiger partial charge is 0.345 e. The first-order chi connectivity index (χ1) is 11.8. The van der Waals surface area contributed by atoms with Crippen LogP contribution in [0.5, 0.6) is 0 Å². The third-order valence-electron chi connectivity index (χ3n) is 3.87. The number of nitrogens with one attached hydrogen (secondary N) is 1. The van der Waals surface area contributed by atoms with Gasteiger partial charge in [-0.15, -0.1) is 11.3 Å². The normalized spacial score (nSPS) is 13.0. The molecule has 0 aliphatic heterocycles. The highest BCUT2D eigenvalue weighted by atomic mass is 35.5. The summed E-state index contributed by atoms with van der Waals surface area (Å²) in [6.07, 6.45) is 0. The van der Waals surface area contributed by atoms with Gasteiger partial charge in [-0.3, -0.25) is 4.79 Å². The van der Waals surface area contributed by atoms with E-state index < -0.39 is 10.0 Å². The lowest BCUT2D eigenvalue weighted by atomic mass is 10.1. The van der Waals surface area contributed by atoms with Gasteiger partial charge in [0.2, 0.25) is 10.0 Å². The van der Waals surface area contributed by atoms with Gasteiger partial charge in [0.15, 0.2) is 0 Å². The molecule has 0 saturated heterocycles. The van der Waals surface area contributed by atoms with Gasteiger partial charge in [-0.2, -0.15) is 4.31 Å². The summed E-state index contributed by atoms with van der Waals surface area (Å²) in [5.41, 5.74) is 0.828. The molecule has 1 aromatic carbocycles. The minimum atomic E-state index is -3.47. The number of nitrogens with zero attached hydrogens (tertiary/aromatic N) is 1. The molecule has 0 radical (unpaired) electrons. The van der Waals surface area contributed by atoms with Crippen molar-refractivity contribution in [3.8, 4) is 0 Å². The van der Waals surface area contributed by atoms with Crippen LogP contribution >= 0.6 is 22.9 Å². The second-order valence-electron chi connectivity index (χ2n) is 5.46. The Labute approximate surface area is 157 Å². The molecule has 0 spiro atoms. The molecule has 0 fully saturated rings. The van der Waals surface area contributed by atoms with E-state index in [2.05, 4.69) is 5.32 Å². The second-order valence-corrected chi connectivity index (χ2v) is 9.11. The Morgan fingerprint density at radius 2 is 1.76 bits per heavy atom. The first kappa shape index (κ1) is 19.9. The van der Waals surface area contributed by atoms with E-state index in [1.807, 2.05) is 20.8 Å². The average molecular weight is 401 g/mol. The summed E-state index contributed by atoms with van der Waals surface area (Å²) < 4.78 is 26.9. The predicted octanol–water partition coefficient (Wildman–Crippen LogP) is 3.92. The van der Waals surface area contributed by atoms with Crippen LogP contribution in [0.1, 0.15) is 42.0 Å². The van der Waals surface area contributed by atoms with Gasteiger partial charge in [0.1, 0.15) is 0 Å². The smallest absolute Gasteiger partial charge is 0.261 e. The standard InChI is InChI=1S/C17H21ClN2O3S2/c1-4-20(5-2)25(22,23)14-8-6-13(7-9-14)12(3)19-17(21)15-10-11-16(18)24-15/h6-12H,4-5H2,1-3H3,(H,19,21). The van der Waals surface area contributed by atoms with E-state index in [1.165, 1.54) is 15.6 Å². The van der Waals surface area contributed by atoms with Crippen molar-refractivity contribution in [1.82, 2.24) is 9.62 Å². The fraction of sp³-hybridized carbons (Fsp3) is 0.353. The first-order valence-corrected chi connectivity index (χ1v) is 10.6. The summed E-state index contributed by atoms with van der Waals surface area (Å²) in [4.78, 5) is 13.0. The van der Waals surface area contributed by atoms with Crippen LogP contribution < -0.4 is 5.32 Å². The van der Waals surface area contributed by atoms with Gasteiger partial charge in [0, 0.05) is 13.1 Å². The van der Waals surface area contributed by atoms with Crippen LogP contribution in [-0.2, 0) is 10.0 Å². The Morgan fingerprint density at radius 3 is 2.24 bits per heavy atom. The molecule has 5 nitrogen and oxygen atoms in total. The zero-order valence-corrected chi connectivity index (χ0v) is 16.7. The number of hydrogen-bond acceptors (Lipinski definition) is 4. The third kappa shape index (κ3) is 4.61. The summed E-state index contributed by atoms with van der Waals surface area (Å²) in [7, 11) is -3.47. The van der Waals surface area contributed by atoms with Crippen molar-refractivity contribution in [3.63, 3.8) is 0 Å². The quantitative estimate of drug-likeness (QED) is 0.765. The van der Waals surface area contributed by atoms with Gasteiger partial charge in [-0.25, -0.2) is 8.42 Å². The number of halogens is 1. The summed E-state index contributed by atoms with van der Waals surface area (Å²) in [6.45, 7) is 6.32. The molecule has 1 atom stereocenters. The minimum Gasteiger partial charge on any atom is -0.345 e. The summed E-state index contributed by atoms with van der Waals surface area (Å²) >= 11 is 7.06. The molecule has 0 aliphatic carbocycles. The number of benzene rings is 1. The monoisotopic (exact) mass is 400 g/mol. The molecule has 1 unspecified atom stereocenters. The Hall–Kier alpha value is -1.41. The highest BCUT2D eigenvalue weighted by molar-refractivity contribution is 7.89. The molecule has 0 bridgehead atoms. The average Bonchev–Trinajstić information content (AvgIpc) is 3.02. The van der Waals surface area contributed by atoms with Crippen molar-refractivity contribution in [2.75, 3.05) is 13.1 Å². The molecule has 1 amide bonds. The molecule has 2 aromatic rings. The molecular formula is C17H21ClN2O3S2.